The van der Waals surface area contributed by atoms with Gasteiger partial charge in [-0.25, -0.2) is 0 Å². The van der Waals surface area contributed by atoms with Gasteiger partial charge in [0.15, 0.2) is 0 Å². The van der Waals surface area contributed by atoms with Crippen molar-refractivity contribution < 1.29 is 0 Å². The van der Waals surface area contributed by atoms with Crippen molar-refractivity contribution >= 4 is 0 Å². The molecule has 0 heterocycles. The third-order valence-electron chi connectivity index (χ3n) is 5.17. The standard InChI is InChI=1S/C20H25N/c1-16-9-11-17(12-10-16)15-19(21-2)20(13-6-14-20)18-7-4-3-5-8-18/h3-5,7-12,19,21H,6,13-15H2,1-2H3. The molecule has 1 aliphatic carbocycles. The molecule has 1 saturated carbocycles. The second-order valence-electron chi connectivity index (χ2n) is 6.41. The molecule has 1 fully saturated rings. The van der Waals surface area contributed by atoms with Crippen molar-refractivity contribution in [2.24, 2.45) is 0 Å². The molecule has 21 heavy (non-hydrogen) atoms. The van der Waals surface area contributed by atoms with Crippen LogP contribution in [0.2, 0.25) is 0 Å². The number of nitrogens with one attached hydrogen (secondary N) is 1. The number of hydrogen-bond donors (Lipinski definition) is 1. The highest BCUT2D eigenvalue weighted by atomic mass is 14.9. The van der Waals surface area contributed by atoms with E-state index in [0.29, 0.717) is 11.5 Å². The Morgan fingerprint density at radius 1 is 1.00 bits per heavy atom. The minimum Gasteiger partial charge on any atom is -0.316 e. The van der Waals surface area contributed by atoms with E-state index in [1.807, 2.05) is 0 Å². The zero-order valence-corrected chi connectivity index (χ0v) is 13.1. The normalized spacial score (nSPS) is 18.0. The summed E-state index contributed by atoms with van der Waals surface area (Å²) in [5.41, 5.74) is 4.59. The number of hydrogen-bond acceptors (Lipinski definition) is 1. The van der Waals surface area contributed by atoms with Crippen LogP contribution in [0.5, 0.6) is 0 Å². The molecule has 0 aliphatic heterocycles. The summed E-state index contributed by atoms with van der Waals surface area (Å²) in [4.78, 5) is 0. The Kier molecular flexibility index (Phi) is 4.12. The topological polar surface area (TPSA) is 12.0 Å². The number of rotatable bonds is 5. The van der Waals surface area contributed by atoms with Crippen LogP contribution in [0.4, 0.5) is 0 Å². The predicted octanol–water partition coefficient (Wildman–Crippen LogP) is 4.25. The first-order valence-corrected chi connectivity index (χ1v) is 8.03. The van der Waals surface area contributed by atoms with Crippen molar-refractivity contribution in [3.63, 3.8) is 0 Å². The van der Waals surface area contributed by atoms with E-state index in [0.717, 1.165) is 6.42 Å². The van der Waals surface area contributed by atoms with Crippen LogP contribution in [-0.4, -0.2) is 13.1 Å². The van der Waals surface area contributed by atoms with Crippen LogP contribution in [0.3, 0.4) is 0 Å². The summed E-state index contributed by atoms with van der Waals surface area (Å²) in [6.45, 7) is 2.15. The molecule has 1 aliphatic rings. The minimum absolute atomic E-state index is 0.320. The quantitative estimate of drug-likeness (QED) is 0.863. The monoisotopic (exact) mass is 279 g/mol. The lowest BCUT2D eigenvalue weighted by molar-refractivity contribution is 0.174. The molecule has 0 radical (unpaired) electrons. The van der Waals surface area contributed by atoms with E-state index < -0.39 is 0 Å². The van der Waals surface area contributed by atoms with Crippen molar-refractivity contribution in [1.82, 2.24) is 5.32 Å². The van der Waals surface area contributed by atoms with E-state index in [1.165, 1.54) is 36.0 Å². The molecule has 1 heteroatoms. The number of likely N-dealkylation sites (N-methyl/N-ethyl adjacent to an activating group) is 1. The van der Waals surface area contributed by atoms with Crippen molar-refractivity contribution in [2.75, 3.05) is 7.05 Å². The summed E-state index contributed by atoms with van der Waals surface area (Å²) in [6.07, 6.45) is 5.05. The van der Waals surface area contributed by atoms with Gasteiger partial charge in [-0.05, 0) is 44.4 Å². The van der Waals surface area contributed by atoms with Crippen LogP contribution in [-0.2, 0) is 11.8 Å². The Hall–Kier alpha value is -1.60. The van der Waals surface area contributed by atoms with Crippen molar-refractivity contribution in [3.8, 4) is 0 Å². The third-order valence-corrected chi connectivity index (χ3v) is 5.17. The lowest BCUT2D eigenvalue weighted by atomic mass is 9.59. The summed E-state index contributed by atoms with van der Waals surface area (Å²) in [6, 6.07) is 20.6. The highest BCUT2D eigenvalue weighted by Crippen LogP contribution is 2.47. The van der Waals surface area contributed by atoms with E-state index in [2.05, 4.69) is 73.9 Å². The number of benzene rings is 2. The highest BCUT2D eigenvalue weighted by Gasteiger charge is 2.44. The van der Waals surface area contributed by atoms with Gasteiger partial charge < -0.3 is 5.32 Å². The van der Waals surface area contributed by atoms with Crippen LogP contribution < -0.4 is 5.32 Å². The molecule has 2 aromatic rings. The Morgan fingerprint density at radius 2 is 1.67 bits per heavy atom. The van der Waals surface area contributed by atoms with Gasteiger partial charge in [-0.15, -0.1) is 0 Å². The first-order valence-electron chi connectivity index (χ1n) is 8.03. The van der Waals surface area contributed by atoms with E-state index in [-0.39, 0.29) is 0 Å². The van der Waals surface area contributed by atoms with E-state index in [1.54, 1.807) is 0 Å². The van der Waals surface area contributed by atoms with Crippen molar-refractivity contribution in [3.05, 3.63) is 71.3 Å². The number of aryl methyl sites for hydroxylation is 1. The Labute approximate surface area is 128 Å². The van der Waals surface area contributed by atoms with Crippen molar-refractivity contribution in [2.45, 2.75) is 44.1 Å². The van der Waals surface area contributed by atoms with Gasteiger partial charge in [-0.1, -0.05) is 66.6 Å². The average Bonchev–Trinajstić information content (AvgIpc) is 2.48. The molecule has 1 atom stereocenters. The van der Waals surface area contributed by atoms with Crippen LogP contribution in [0.1, 0.15) is 36.0 Å². The molecular formula is C20H25N. The molecular weight excluding hydrogens is 254 g/mol. The van der Waals surface area contributed by atoms with Gasteiger partial charge in [0.25, 0.3) is 0 Å². The lowest BCUT2D eigenvalue weighted by Crippen LogP contribution is -2.52. The van der Waals surface area contributed by atoms with Gasteiger partial charge in [0.1, 0.15) is 0 Å². The van der Waals surface area contributed by atoms with Gasteiger partial charge >= 0.3 is 0 Å². The van der Waals surface area contributed by atoms with Gasteiger partial charge in [0.2, 0.25) is 0 Å². The molecule has 0 saturated heterocycles. The molecule has 0 amide bonds. The largest absolute Gasteiger partial charge is 0.316 e. The first-order chi connectivity index (χ1) is 10.2. The Balaban J connectivity index is 1.85. The van der Waals surface area contributed by atoms with E-state index >= 15 is 0 Å². The first kappa shape index (κ1) is 14.3. The maximum Gasteiger partial charge on any atom is 0.0201 e. The molecule has 1 nitrogen and oxygen atoms in total. The zero-order valence-electron chi connectivity index (χ0n) is 13.1. The summed E-state index contributed by atoms with van der Waals surface area (Å²) in [5.74, 6) is 0. The fraction of sp³-hybridized carbons (Fsp3) is 0.400. The summed E-state index contributed by atoms with van der Waals surface area (Å²) in [7, 11) is 2.11. The maximum absolute atomic E-state index is 3.61. The highest BCUT2D eigenvalue weighted by molar-refractivity contribution is 5.32. The molecule has 0 spiro atoms. The fourth-order valence-electron chi connectivity index (χ4n) is 3.70. The molecule has 1 N–H and O–H groups in total. The van der Waals surface area contributed by atoms with Crippen molar-refractivity contribution in [1.29, 1.82) is 0 Å². The molecule has 2 aromatic carbocycles. The second kappa shape index (κ2) is 6.03. The fourth-order valence-corrected chi connectivity index (χ4v) is 3.70. The lowest BCUT2D eigenvalue weighted by Gasteiger charge is -2.48. The Bertz CT molecular complexity index is 567. The van der Waals surface area contributed by atoms with Crippen LogP contribution >= 0.6 is 0 Å². The second-order valence-corrected chi connectivity index (χ2v) is 6.41. The van der Waals surface area contributed by atoms with Gasteiger partial charge in [-0.3, -0.25) is 0 Å². The summed E-state index contributed by atoms with van der Waals surface area (Å²) in [5, 5.41) is 3.61. The maximum atomic E-state index is 3.61. The summed E-state index contributed by atoms with van der Waals surface area (Å²) < 4.78 is 0. The Morgan fingerprint density at radius 3 is 2.19 bits per heavy atom. The van der Waals surface area contributed by atoms with Crippen LogP contribution in [0.15, 0.2) is 54.6 Å². The van der Waals surface area contributed by atoms with E-state index in [9.17, 15) is 0 Å². The molecule has 110 valence electrons. The van der Waals surface area contributed by atoms with Gasteiger partial charge in [0, 0.05) is 11.5 Å². The SMILES string of the molecule is CNC(Cc1ccc(C)cc1)C1(c2ccccc2)CCC1. The van der Waals surface area contributed by atoms with Gasteiger partial charge in [0.05, 0.1) is 0 Å². The average molecular weight is 279 g/mol. The third kappa shape index (κ3) is 2.75. The smallest absolute Gasteiger partial charge is 0.0201 e. The molecule has 0 bridgehead atoms. The minimum atomic E-state index is 0.320. The van der Waals surface area contributed by atoms with Gasteiger partial charge in [-0.2, -0.15) is 0 Å². The van der Waals surface area contributed by atoms with Crippen LogP contribution in [0.25, 0.3) is 0 Å². The molecule has 0 aromatic heterocycles. The summed E-state index contributed by atoms with van der Waals surface area (Å²) >= 11 is 0. The van der Waals surface area contributed by atoms with Crippen LogP contribution in [0, 0.1) is 6.92 Å². The van der Waals surface area contributed by atoms with E-state index in [4.69, 9.17) is 0 Å². The molecule has 3 rings (SSSR count). The molecule has 1 unspecified atom stereocenters. The predicted molar refractivity (Wildman–Crippen MR) is 89.7 cm³/mol. The zero-order chi connectivity index (χ0) is 14.7.